The summed E-state index contributed by atoms with van der Waals surface area (Å²) in [6.45, 7) is 3.12. The molecule has 0 unspecified atom stereocenters. The number of rotatable bonds is 15. The molecular weight excluding hydrogens is 645 g/mol. The Labute approximate surface area is 274 Å². The summed E-state index contributed by atoms with van der Waals surface area (Å²) in [4.78, 5) is 28.6. The standard InChI is InChI=1S/C31H37Cl2N3O8S/c1-7-25(31(38)34-8-2)35(18-20-9-12-23(32)24(33)15-20)30(37)19-36(26-16-21(41-3)10-13-27(26)42-4)45(39,40)22-11-14-28(43-5)29(17-22)44-6/h9-17,25H,7-8,18-19H2,1-6H3,(H,34,38)/t25-/m1/s1. The largest absolute Gasteiger partial charge is 0.497 e. The molecule has 244 valence electrons. The van der Waals surface area contributed by atoms with Crippen molar-refractivity contribution in [3.05, 3.63) is 70.2 Å². The number of ether oxygens (including phenoxy) is 4. The van der Waals surface area contributed by atoms with E-state index in [1.54, 1.807) is 38.1 Å². The first-order valence-corrected chi connectivity index (χ1v) is 16.1. The van der Waals surface area contributed by atoms with Crippen LogP contribution in [0.1, 0.15) is 25.8 Å². The van der Waals surface area contributed by atoms with Crippen LogP contribution in [0.5, 0.6) is 23.0 Å². The first-order valence-electron chi connectivity index (χ1n) is 13.9. The first-order chi connectivity index (χ1) is 21.4. The van der Waals surface area contributed by atoms with Gasteiger partial charge in [0.25, 0.3) is 10.0 Å². The van der Waals surface area contributed by atoms with E-state index in [1.165, 1.54) is 63.7 Å². The molecule has 1 N–H and O–H groups in total. The summed E-state index contributed by atoms with van der Waals surface area (Å²) in [6, 6.07) is 12.6. The van der Waals surface area contributed by atoms with Gasteiger partial charge in [-0.1, -0.05) is 36.2 Å². The smallest absolute Gasteiger partial charge is 0.265 e. The molecule has 3 rings (SSSR count). The summed E-state index contributed by atoms with van der Waals surface area (Å²) in [5.41, 5.74) is 0.634. The Balaban J connectivity index is 2.21. The van der Waals surface area contributed by atoms with Gasteiger partial charge in [-0.3, -0.25) is 13.9 Å². The monoisotopic (exact) mass is 681 g/mol. The zero-order chi connectivity index (χ0) is 33.3. The van der Waals surface area contributed by atoms with Gasteiger partial charge in [-0.15, -0.1) is 0 Å². The van der Waals surface area contributed by atoms with Crippen molar-refractivity contribution in [2.45, 2.75) is 37.8 Å². The second-order valence-corrected chi connectivity index (χ2v) is 12.3. The zero-order valence-corrected chi connectivity index (χ0v) is 28.3. The summed E-state index contributed by atoms with van der Waals surface area (Å²) in [7, 11) is 1.16. The number of nitrogens with one attached hydrogen (secondary N) is 1. The third kappa shape index (κ3) is 8.24. The number of anilines is 1. The third-order valence-corrected chi connectivity index (χ3v) is 9.45. The number of hydrogen-bond donors (Lipinski definition) is 1. The summed E-state index contributed by atoms with van der Waals surface area (Å²) >= 11 is 12.4. The van der Waals surface area contributed by atoms with E-state index in [-0.39, 0.29) is 46.0 Å². The zero-order valence-electron chi connectivity index (χ0n) is 25.9. The van der Waals surface area contributed by atoms with Crippen LogP contribution in [0.4, 0.5) is 5.69 Å². The van der Waals surface area contributed by atoms with E-state index in [0.29, 0.717) is 28.6 Å². The van der Waals surface area contributed by atoms with Gasteiger partial charge in [-0.25, -0.2) is 8.42 Å². The van der Waals surface area contributed by atoms with Crippen molar-refractivity contribution in [3.63, 3.8) is 0 Å². The van der Waals surface area contributed by atoms with Crippen molar-refractivity contribution in [1.29, 1.82) is 0 Å². The minimum Gasteiger partial charge on any atom is -0.497 e. The number of likely N-dealkylation sites (N-methyl/N-ethyl adjacent to an activating group) is 1. The van der Waals surface area contributed by atoms with Crippen molar-refractivity contribution in [1.82, 2.24) is 10.2 Å². The number of methoxy groups -OCH3 is 4. The van der Waals surface area contributed by atoms with Crippen molar-refractivity contribution in [2.75, 3.05) is 45.8 Å². The topological polar surface area (TPSA) is 124 Å². The molecular formula is C31H37Cl2N3O8S. The summed E-state index contributed by atoms with van der Waals surface area (Å²) in [5.74, 6) is -0.0639. The quantitative estimate of drug-likeness (QED) is 0.233. The molecule has 3 aromatic carbocycles. The summed E-state index contributed by atoms with van der Waals surface area (Å²) in [6.07, 6.45) is 0.254. The maximum Gasteiger partial charge on any atom is 0.265 e. The van der Waals surface area contributed by atoms with Gasteiger partial charge in [-0.2, -0.15) is 0 Å². The van der Waals surface area contributed by atoms with E-state index < -0.39 is 28.5 Å². The Bertz CT molecular complexity index is 1620. The van der Waals surface area contributed by atoms with Gasteiger partial charge in [0.15, 0.2) is 11.5 Å². The minimum absolute atomic E-state index is 0.0422. The van der Waals surface area contributed by atoms with E-state index >= 15 is 0 Å². The molecule has 3 aromatic rings. The molecule has 1 atom stereocenters. The lowest BCUT2D eigenvalue weighted by Gasteiger charge is -2.33. The van der Waals surface area contributed by atoms with Crippen LogP contribution in [0.25, 0.3) is 0 Å². The van der Waals surface area contributed by atoms with Gasteiger partial charge in [0.2, 0.25) is 11.8 Å². The molecule has 0 aliphatic heterocycles. The number of halogens is 2. The SMILES string of the molecule is CCNC(=O)[C@@H](CC)N(Cc1ccc(Cl)c(Cl)c1)C(=O)CN(c1cc(OC)ccc1OC)S(=O)(=O)c1ccc(OC)c(OC)c1. The Hall–Kier alpha value is -3.87. The highest BCUT2D eigenvalue weighted by molar-refractivity contribution is 7.92. The highest BCUT2D eigenvalue weighted by atomic mass is 35.5. The van der Waals surface area contributed by atoms with E-state index in [9.17, 15) is 18.0 Å². The van der Waals surface area contributed by atoms with Crippen molar-refractivity contribution >= 4 is 50.7 Å². The molecule has 0 aliphatic rings. The van der Waals surface area contributed by atoms with Gasteiger partial charge in [-0.05, 0) is 55.3 Å². The van der Waals surface area contributed by atoms with Crippen LogP contribution in [-0.2, 0) is 26.2 Å². The molecule has 45 heavy (non-hydrogen) atoms. The number of hydrogen-bond acceptors (Lipinski definition) is 8. The Kier molecular flexibility index (Phi) is 12.6. The van der Waals surface area contributed by atoms with Crippen LogP contribution in [0.2, 0.25) is 10.0 Å². The summed E-state index contributed by atoms with van der Waals surface area (Å²) in [5, 5.41) is 3.36. The normalized spacial score (nSPS) is 11.7. The maximum absolute atomic E-state index is 14.4. The average molecular weight is 683 g/mol. The number of carbonyl (C=O) groups excluding carboxylic acids is 2. The van der Waals surface area contributed by atoms with Crippen LogP contribution >= 0.6 is 23.2 Å². The lowest BCUT2D eigenvalue weighted by molar-refractivity contribution is -0.140. The van der Waals surface area contributed by atoms with Crippen LogP contribution in [0.15, 0.2) is 59.5 Å². The fourth-order valence-electron chi connectivity index (χ4n) is 4.66. The number of benzene rings is 3. The van der Waals surface area contributed by atoms with E-state index in [1.807, 2.05) is 0 Å². The minimum atomic E-state index is -4.47. The molecule has 0 fully saturated rings. The average Bonchev–Trinajstić information content (AvgIpc) is 3.04. The van der Waals surface area contributed by atoms with Crippen LogP contribution in [-0.4, -0.2) is 72.7 Å². The second-order valence-electron chi connectivity index (χ2n) is 9.65. The molecule has 0 aromatic heterocycles. The lowest BCUT2D eigenvalue weighted by Crippen LogP contribution is -2.52. The maximum atomic E-state index is 14.4. The Morgan fingerprint density at radius 3 is 2.07 bits per heavy atom. The molecule has 11 nitrogen and oxygen atoms in total. The van der Waals surface area contributed by atoms with Crippen LogP contribution in [0.3, 0.4) is 0 Å². The second kappa shape index (κ2) is 15.9. The van der Waals surface area contributed by atoms with Gasteiger partial charge in [0.1, 0.15) is 24.1 Å². The number of nitrogens with zero attached hydrogens (tertiary/aromatic N) is 2. The Morgan fingerprint density at radius 1 is 0.822 bits per heavy atom. The third-order valence-electron chi connectivity index (χ3n) is 6.95. The molecule has 14 heteroatoms. The number of amides is 2. The van der Waals surface area contributed by atoms with E-state index in [4.69, 9.17) is 42.1 Å². The molecule has 0 aliphatic carbocycles. The molecule has 2 amide bonds. The predicted octanol–water partition coefficient (Wildman–Crippen LogP) is 5.17. The molecule has 0 heterocycles. The predicted molar refractivity (Wildman–Crippen MR) is 173 cm³/mol. The molecule has 0 saturated heterocycles. The van der Waals surface area contributed by atoms with E-state index in [2.05, 4.69) is 5.32 Å². The van der Waals surface area contributed by atoms with Crippen molar-refractivity contribution in [3.8, 4) is 23.0 Å². The molecule has 0 bridgehead atoms. The number of carbonyl (C=O) groups is 2. The molecule has 0 spiro atoms. The molecule has 0 saturated carbocycles. The van der Waals surface area contributed by atoms with Gasteiger partial charge < -0.3 is 29.2 Å². The molecule has 0 radical (unpaired) electrons. The highest BCUT2D eigenvalue weighted by Gasteiger charge is 2.35. The lowest BCUT2D eigenvalue weighted by atomic mass is 10.1. The van der Waals surface area contributed by atoms with Crippen LogP contribution in [0, 0.1) is 0 Å². The van der Waals surface area contributed by atoms with Gasteiger partial charge in [0.05, 0.1) is 49.1 Å². The fourth-order valence-corrected chi connectivity index (χ4v) is 6.41. The van der Waals surface area contributed by atoms with Crippen LogP contribution < -0.4 is 28.6 Å². The van der Waals surface area contributed by atoms with Gasteiger partial charge >= 0.3 is 0 Å². The first kappa shape index (κ1) is 35.6. The highest BCUT2D eigenvalue weighted by Crippen LogP contribution is 2.38. The summed E-state index contributed by atoms with van der Waals surface area (Å²) < 4.78 is 51.2. The van der Waals surface area contributed by atoms with E-state index in [0.717, 1.165) is 4.31 Å². The van der Waals surface area contributed by atoms with Gasteiger partial charge in [0, 0.05) is 25.2 Å². The Morgan fingerprint density at radius 2 is 1.49 bits per heavy atom. The van der Waals surface area contributed by atoms with Crippen molar-refractivity contribution in [2.24, 2.45) is 0 Å². The van der Waals surface area contributed by atoms with Crippen molar-refractivity contribution < 1.29 is 37.0 Å². The fraction of sp³-hybridized carbons (Fsp3) is 0.355. The number of sulfonamides is 1.